The summed E-state index contributed by atoms with van der Waals surface area (Å²) in [6.07, 6.45) is 6.82. The molecular weight excluding hydrogens is 340 g/mol. The lowest BCUT2D eigenvalue weighted by atomic mass is 9.78. The molecule has 0 spiro atoms. The van der Waals surface area contributed by atoms with E-state index < -0.39 is 5.41 Å². The van der Waals surface area contributed by atoms with Gasteiger partial charge in [-0.25, -0.2) is 0 Å². The highest BCUT2D eigenvalue weighted by molar-refractivity contribution is 5.76. The summed E-state index contributed by atoms with van der Waals surface area (Å²) >= 11 is 0. The average molecular weight is 375 g/mol. The number of hydrogen-bond donors (Lipinski definition) is 0. The Balaban J connectivity index is 2.06. The molecule has 0 amide bonds. The van der Waals surface area contributed by atoms with Crippen molar-refractivity contribution in [3.8, 4) is 5.75 Å². The van der Waals surface area contributed by atoms with Gasteiger partial charge in [-0.05, 0) is 82.4 Å². The molecule has 0 aromatic heterocycles. The van der Waals surface area contributed by atoms with Gasteiger partial charge in [0.2, 0.25) is 0 Å². The zero-order valence-electron chi connectivity index (χ0n) is 17.5. The maximum Gasteiger partial charge on any atom is 0.312 e. The molecule has 1 unspecified atom stereocenters. The molecule has 0 heterocycles. The first-order chi connectivity index (χ1) is 12.7. The molecule has 0 N–H and O–H groups in total. The third kappa shape index (κ3) is 5.57. The Morgan fingerprint density at radius 3 is 2.19 bits per heavy atom. The molecule has 1 aromatic carbocycles. The number of hydrogen-bond acceptors (Lipinski definition) is 4. The first-order valence-electron chi connectivity index (χ1n) is 10.2. The van der Waals surface area contributed by atoms with Crippen LogP contribution in [-0.4, -0.2) is 17.5 Å². The molecule has 1 aromatic rings. The molecule has 150 valence electrons. The summed E-state index contributed by atoms with van der Waals surface area (Å²) in [7, 11) is 0. The maximum atomic E-state index is 13.0. The van der Waals surface area contributed by atoms with Crippen LogP contribution in [0.4, 0.5) is 0 Å². The summed E-state index contributed by atoms with van der Waals surface area (Å²) in [5.74, 6) is 0.391. The van der Waals surface area contributed by atoms with Crippen LogP contribution < -0.4 is 4.74 Å². The van der Waals surface area contributed by atoms with Crippen molar-refractivity contribution in [3.05, 3.63) is 29.8 Å². The van der Waals surface area contributed by atoms with Crippen molar-refractivity contribution >= 4 is 11.9 Å². The van der Waals surface area contributed by atoms with Gasteiger partial charge >= 0.3 is 11.9 Å². The fourth-order valence-electron chi connectivity index (χ4n) is 4.05. The first-order valence-corrected chi connectivity index (χ1v) is 10.2. The monoisotopic (exact) mass is 374 g/mol. The SMILES string of the molecule is CCC(CC(C)(C)C(=O)OC1(CC)CCCC1)c1ccc(OC(C)=O)cc1. The molecule has 1 aliphatic rings. The smallest absolute Gasteiger partial charge is 0.312 e. The van der Waals surface area contributed by atoms with Crippen LogP contribution in [0.2, 0.25) is 0 Å². The van der Waals surface area contributed by atoms with Gasteiger partial charge in [-0.3, -0.25) is 9.59 Å². The highest BCUT2D eigenvalue weighted by Crippen LogP contribution is 2.40. The van der Waals surface area contributed by atoms with Gasteiger partial charge in [-0.2, -0.15) is 0 Å². The third-order valence-electron chi connectivity index (χ3n) is 5.88. The van der Waals surface area contributed by atoms with Gasteiger partial charge < -0.3 is 9.47 Å². The van der Waals surface area contributed by atoms with Gasteiger partial charge in [0.25, 0.3) is 0 Å². The summed E-state index contributed by atoms with van der Waals surface area (Å²) in [6, 6.07) is 7.60. The number of esters is 2. The summed E-state index contributed by atoms with van der Waals surface area (Å²) in [5.41, 5.74) is 0.363. The van der Waals surface area contributed by atoms with E-state index in [0.717, 1.165) is 50.5 Å². The molecule has 0 saturated heterocycles. The first kappa shape index (κ1) is 21.5. The highest BCUT2D eigenvalue weighted by Gasteiger charge is 2.41. The van der Waals surface area contributed by atoms with E-state index in [-0.39, 0.29) is 23.5 Å². The molecule has 1 fully saturated rings. The molecule has 0 aliphatic heterocycles. The van der Waals surface area contributed by atoms with Crippen molar-refractivity contribution in [2.24, 2.45) is 5.41 Å². The predicted octanol–water partition coefficient (Wildman–Crippen LogP) is 5.79. The Morgan fingerprint density at radius 1 is 1.11 bits per heavy atom. The number of ether oxygens (including phenoxy) is 2. The Hall–Kier alpha value is -1.84. The van der Waals surface area contributed by atoms with E-state index in [1.807, 2.05) is 38.1 Å². The zero-order chi connectivity index (χ0) is 20.1. The van der Waals surface area contributed by atoms with Crippen molar-refractivity contribution in [2.45, 2.75) is 91.1 Å². The Kier molecular flexibility index (Phi) is 7.07. The molecule has 1 saturated carbocycles. The molecule has 2 rings (SSSR count). The van der Waals surface area contributed by atoms with E-state index in [2.05, 4.69) is 13.8 Å². The lowest BCUT2D eigenvalue weighted by molar-refractivity contribution is -0.171. The molecule has 4 nitrogen and oxygen atoms in total. The van der Waals surface area contributed by atoms with Gasteiger partial charge in [0.1, 0.15) is 11.4 Å². The molecule has 1 aliphatic carbocycles. The molecule has 27 heavy (non-hydrogen) atoms. The van der Waals surface area contributed by atoms with Gasteiger partial charge in [0.15, 0.2) is 0 Å². The van der Waals surface area contributed by atoms with Crippen molar-refractivity contribution in [1.82, 2.24) is 0 Å². The van der Waals surface area contributed by atoms with E-state index >= 15 is 0 Å². The van der Waals surface area contributed by atoms with Crippen LogP contribution in [0.15, 0.2) is 24.3 Å². The average Bonchev–Trinajstić information content (AvgIpc) is 3.09. The largest absolute Gasteiger partial charge is 0.459 e. The number of carbonyl (C=O) groups excluding carboxylic acids is 2. The molecule has 4 heteroatoms. The molecular formula is C23H34O4. The van der Waals surface area contributed by atoms with Crippen molar-refractivity contribution in [2.75, 3.05) is 0 Å². The Labute approximate surface area is 163 Å². The van der Waals surface area contributed by atoms with Crippen LogP contribution in [0.3, 0.4) is 0 Å². The predicted molar refractivity (Wildman–Crippen MR) is 107 cm³/mol. The van der Waals surface area contributed by atoms with E-state index in [1.54, 1.807) is 0 Å². The van der Waals surface area contributed by atoms with E-state index in [1.165, 1.54) is 6.92 Å². The standard InChI is InChI=1S/C23H34O4/c1-6-18(19-10-12-20(13-11-19)26-17(3)24)16-22(4,5)21(25)27-23(7-2)14-8-9-15-23/h10-13,18H,6-9,14-16H2,1-5H3. The fourth-order valence-corrected chi connectivity index (χ4v) is 4.05. The van der Waals surface area contributed by atoms with E-state index in [9.17, 15) is 9.59 Å². The minimum atomic E-state index is -0.542. The van der Waals surface area contributed by atoms with Crippen molar-refractivity contribution in [3.63, 3.8) is 0 Å². The number of benzene rings is 1. The molecule has 1 atom stereocenters. The Bertz CT molecular complexity index is 639. The summed E-state index contributed by atoms with van der Waals surface area (Å²) in [4.78, 5) is 24.0. The van der Waals surface area contributed by atoms with Gasteiger partial charge in [-0.1, -0.05) is 26.0 Å². The fraction of sp³-hybridized carbons (Fsp3) is 0.652. The second-order valence-corrected chi connectivity index (χ2v) is 8.49. The van der Waals surface area contributed by atoms with E-state index in [4.69, 9.17) is 9.47 Å². The van der Waals surface area contributed by atoms with Crippen LogP contribution in [0.25, 0.3) is 0 Å². The summed E-state index contributed by atoms with van der Waals surface area (Å²) < 4.78 is 11.2. The minimum Gasteiger partial charge on any atom is -0.459 e. The normalized spacial score (nSPS) is 17.4. The molecule has 0 bridgehead atoms. The lowest BCUT2D eigenvalue weighted by Gasteiger charge is -2.34. The van der Waals surface area contributed by atoms with Gasteiger partial charge in [-0.15, -0.1) is 0 Å². The van der Waals surface area contributed by atoms with Gasteiger partial charge in [0.05, 0.1) is 5.41 Å². The van der Waals surface area contributed by atoms with Crippen LogP contribution >= 0.6 is 0 Å². The quantitative estimate of drug-likeness (QED) is 0.427. The summed E-state index contributed by atoms with van der Waals surface area (Å²) in [6.45, 7) is 9.62. The summed E-state index contributed by atoms with van der Waals surface area (Å²) in [5, 5.41) is 0. The van der Waals surface area contributed by atoms with Gasteiger partial charge in [0, 0.05) is 6.92 Å². The highest BCUT2D eigenvalue weighted by atomic mass is 16.6. The third-order valence-corrected chi connectivity index (χ3v) is 5.88. The number of rotatable bonds is 8. The van der Waals surface area contributed by atoms with Crippen molar-refractivity contribution < 1.29 is 19.1 Å². The van der Waals surface area contributed by atoms with Crippen LogP contribution in [-0.2, 0) is 14.3 Å². The van der Waals surface area contributed by atoms with Crippen LogP contribution in [0.1, 0.15) is 91.0 Å². The second-order valence-electron chi connectivity index (χ2n) is 8.49. The van der Waals surface area contributed by atoms with Crippen LogP contribution in [0, 0.1) is 5.41 Å². The molecule has 0 radical (unpaired) electrons. The number of carbonyl (C=O) groups is 2. The van der Waals surface area contributed by atoms with Crippen molar-refractivity contribution in [1.29, 1.82) is 0 Å². The topological polar surface area (TPSA) is 52.6 Å². The van der Waals surface area contributed by atoms with Crippen LogP contribution in [0.5, 0.6) is 5.75 Å². The minimum absolute atomic E-state index is 0.0822. The lowest BCUT2D eigenvalue weighted by Crippen LogP contribution is -2.38. The Morgan fingerprint density at radius 2 is 1.70 bits per heavy atom. The zero-order valence-corrected chi connectivity index (χ0v) is 17.5. The maximum absolute atomic E-state index is 13.0. The van der Waals surface area contributed by atoms with E-state index in [0.29, 0.717) is 5.75 Å². The second kappa shape index (κ2) is 8.90.